The Labute approximate surface area is 582 Å². The highest BCUT2D eigenvalue weighted by Crippen LogP contribution is 2.40. The predicted molar refractivity (Wildman–Crippen MR) is 389 cm³/mol. The maximum atomic E-state index is 13.5. The predicted octanol–water partition coefficient (Wildman–Crippen LogP) is 14.6. The van der Waals surface area contributed by atoms with Crippen LogP contribution in [0, 0.1) is 46.2 Å². The Kier molecular flexibility index (Phi) is 17.3. The number of fused-ring (bicyclic) bond motifs is 15. The van der Waals surface area contributed by atoms with Gasteiger partial charge in [-0.05, 0) is 223 Å². The third-order valence-electron chi connectivity index (χ3n) is 21.3. The minimum absolute atomic E-state index is 0.226. The fourth-order valence-corrected chi connectivity index (χ4v) is 15.4. The highest BCUT2D eigenvalue weighted by Gasteiger charge is 2.30. The van der Waals surface area contributed by atoms with Crippen LogP contribution in [0.5, 0.6) is 0 Å². The summed E-state index contributed by atoms with van der Waals surface area (Å²) < 4.78 is 26.1. The summed E-state index contributed by atoms with van der Waals surface area (Å²) in [5.74, 6) is 4.45. The van der Waals surface area contributed by atoms with Gasteiger partial charge in [0.2, 0.25) is 5.82 Å². The molecule has 6 aromatic heterocycles. The molecule has 1 unspecified atom stereocenters. The van der Waals surface area contributed by atoms with Crippen LogP contribution in [0.2, 0.25) is 0 Å². The van der Waals surface area contributed by atoms with Gasteiger partial charge in [0.1, 0.15) is 18.5 Å². The Bertz CT molecular complexity index is 5020. The molecular formula is C80H80FN19. The number of anilines is 3. The molecule has 3 atom stereocenters. The Morgan fingerprint density at radius 3 is 1.64 bits per heavy atom. The number of benzene rings is 6. The van der Waals surface area contributed by atoms with E-state index in [4.69, 9.17) is 10.5 Å². The van der Waals surface area contributed by atoms with Gasteiger partial charge in [-0.25, -0.2) is 14.1 Å². The quantitative estimate of drug-likeness (QED) is 0.129. The highest BCUT2D eigenvalue weighted by molar-refractivity contribution is 5.75. The maximum absolute atomic E-state index is 13.5. The second kappa shape index (κ2) is 27.2. The molecule has 502 valence electrons. The molecule has 3 fully saturated rings. The molecule has 12 heterocycles. The minimum Gasteiger partial charge on any atom is -0.372 e. The smallest absolute Gasteiger partial charge is 0.203 e. The Morgan fingerprint density at radius 1 is 0.540 bits per heavy atom. The summed E-state index contributed by atoms with van der Waals surface area (Å²) >= 11 is 0. The van der Waals surface area contributed by atoms with E-state index in [0.717, 1.165) is 169 Å². The number of nitrogens with one attached hydrogen (secondary N) is 1. The molecule has 0 bridgehead atoms. The molecule has 0 aliphatic carbocycles. The average molecular weight is 1330 g/mol. The first-order valence-electron chi connectivity index (χ1n) is 35.4. The molecular weight excluding hydrogens is 1250 g/mol. The summed E-state index contributed by atoms with van der Waals surface area (Å²) in [6.07, 6.45) is 18.7. The first-order chi connectivity index (χ1) is 49.0. The summed E-state index contributed by atoms with van der Waals surface area (Å²) in [5, 5.41) is 47.7. The van der Waals surface area contributed by atoms with Gasteiger partial charge < -0.3 is 33.7 Å². The van der Waals surface area contributed by atoms with Crippen LogP contribution < -0.4 is 20.0 Å². The summed E-state index contributed by atoms with van der Waals surface area (Å²) in [4.78, 5) is 12.1. The third-order valence-corrected chi connectivity index (χ3v) is 21.3. The summed E-state index contributed by atoms with van der Waals surface area (Å²) in [5.41, 5.74) is 21.6. The molecule has 0 spiro atoms. The fourth-order valence-electron chi connectivity index (χ4n) is 15.4. The van der Waals surface area contributed by atoms with Crippen molar-refractivity contribution in [2.75, 3.05) is 60.5 Å². The molecule has 100 heavy (non-hydrogen) atoms. The van der Waals surface area contributed by atoms with Crippen LogP contribution in [0.3, 0.4) is 0 Å². The maximum Gasteiger partial charge on any atom is 0.203 e. The van der Waals surface area contributed by atoms with Gasteiger partial charge in [0.05, 0.1) is 57.4 Å². The van der Waals surface area contributed by atoms with E-state index in [0.29, 0.717) is 23.1 Å². The number of piperidine rings is 2. The lowest BCUT2D eigenvalue weighted by Gasteiger charge is -2.33. The number of halogens is 1. The monoisotopic (exact) mass is 1330 g/mol. The molecule has 6 aromatic carbocycles. The van der Waals surface area contributed by atoms with Crippen molar-refractivity contribution in [3.63, 3.8) is 0 Å². The first-order valence-corrected chi connectivity index (χ1v) is 35.4. The normalized spacial score (nSPS) is 16.7. The zero-order valence-corrected chi connectivity index (χ0v) is 57.0. The van der Waals surface area contributed by atoms with E-state index < -0.39 is 0 Å². The molecule has 6 aliphatic heterocycles. The number of rotatable bonds is 11. The molecule has 3 saturated heterocycles. The SMILES string of the molecule is CC1CCCN(c2ccc3c(c2)Cn2cc(-c4ccc(C#N)cc4)cc2-c2nnnn2-3)C1.CCC1CCN(c2ccc3c(c2)Cn2cc(-c4ccc(C#N)cc4)cc2-c2nncn2-3)CC1.CC[C@@H](C)NC[C@H]1CCN(c2ccc3c(c2)Cn2cc(-c4ccc(F)cc4)cc2-c2ncnn2-3)C1. The molecule has 0 saturated carbocycles. The second-order valence-corrected chi connectivity index (χ2v) is 27.8. The third kappa shape index (κ3) is 12.5. The van der Waals surface area contributed by atoms with E-state index in [1.165, 1.54) is 84.4 Å². The summed E-state index contributed by atoms with van der Waals surface area (Å²) in [6, 6.07) is 53.6. The molecule has 20 heteroatoms. The zero-order chi connectivity index (χ0) is 68.0. The van der Waals surface area contributed by atoms with Crippen LogP contribution >= 0.6 is 0 Å². The average Bonchev–Trinajstić information content (AvgIpc) is 1.62. The number of aromatic nitrogens is 13. The lowest BCUT2D eigenvalue weighted by Crippen LogP contribution is -2.34. The van der Waals surface area contributed by atoms with Crippen molar-refractivity contribution >= 4 is 17.1 Å². The van der Waals surface area contributed by atoms with Crippen LogP contribution in [-0.2, 0) is 19.6 Å². The Balaban J connectivity index is 0.000000117. The van der Waals surface area contributed by atoms with Crippen LogP contribution in [-0.4, -0.2) is 115 Å². The van der Waals surface area contributed by atoms with Crippen molar-refractivity contribution < 1.29 is 4.39 Å². The lowest BCUT2D eigenvalue weighted by molar-refractivity contribution is 0.395. The van der Waals surface area contributed by atoms with Crippen LogP contribution in [0.1, 0.15) is 100 Å². The van der Waals surface area contributed by atoms with Crippen molar-refractivity contribution in [1.82, 2.24) is 68.8 Å². The molecule has 12 aromatic rings. The summed E-state index contributed by atoms with van der Waals surface area (Å²) in [7, 11) is 0. The second-order valence-electron chi connectivity index (χ2n) is 27.8. The Hall–Kier alpha value is -11.2. The van der Waals surface area contributed by atoms with E-state index in [-0.39, 0.29) is 5.82 Å². The van der Waals surface area contributed by atoms with E-state index in [9.17, 15) is 4.39 Å². The largest absolute Gasteiger partial charge is 0.372 e. The van der Waals surface area contributed by atoms with Crippen molar-refractivity contribution in [1.29, 1.82) is 10.5 Å². The number of hydrogen-bond donors (Lipinski definition) is 1. The summed E-state index contributed by atoms with van der Waals surface area (Å²) in [6.45, 7) is 19.1. The van der Waals surface area contributed by atoms with Gasteiger partial charge >= 0.3 is 0 Å². The number of tetrazole rings is 1. The van der Waals surface area contributed by atoms with Crippen LogP contribution in [0.15, 0.2) is 177 Å². The highest BCUT2D eigenvalue weighted by atomic mass is 19.1. The van der Waals surface area contributed by atoms with E-state index in [1.807, 2.05) is 76.4 Å². The van der Waals surface area contributed by atoms with E-state index >= 15 is 0 Å². The van der Waals surface area contributed by atoms with Gasteiger partial charge in [0, 0.05) is 117 Å². The number of hydrogen-bond acceptors (Lipinski definition) is 13. The number of nitriles is 2. The number of nitrogens with zero attached hydrogens (tertiary/aromatic N) is 18. The topological polar surface area (TPSA) is 189 Å². The lowest BCUT2D eigenvalue weighted by atomic mass is 9.94. The molecule has 18 rings (SSSR count). The minimum atomic E-state index is -0.226. The molecule has 0 radical (unpaired) electrons. The Morgan fingerprint density at radius 2 is 1.06 bits per heavy atom. The van der Waals surface area contributed by atoms with Crippen molar-refractivity contribution in [2.45, 2.75) is 98.3 Å². The molecule has 0 amide bonds. The van der Waals surface area contributed by atoms with Gasteiger partial charge in [-0.1, -0.05) is 63.6 Å². The van der Waals surface area contributed by atoms with Gasteiger partial charge in [0.25, 0.3) is 0 Å². The van der Waals surface area contributed by atoms with E-state index in [2.05, 4.69) is 205 Å². The van der Waals surface area contributed by atoms with Crippen LogP contribution in [0.25, 0.3) is 85.0 Å². The van der Waals surface area contributed by atoms with Gasteiger partial charge in [-0.3, -0.25) is 4.57 Å². The van der Waals surface area contributed by atoms with Crippen molar-refractivity contribution in [2.24, 2.45) is 17.8 Å². The van der Waals surface area contributed by atoms with Crippen LogP contribution in [0.4, 0.5) is 21.5 Å². The van der Waals surface area contributed by atoms with Gasteiger partial charge in [0.15, 0.2) is 11.6 Å². The fraction of sp³-hybridized carbons (Fsp3) is 0.312. The molecule has 6 aliphatic rings. The molecule has 19 nitrogen and oxygen atoms in total. The standard InChI is InChI=1S/C28H31FN6.C27H26N6.C25H23N7/c1-3-19(2)30-14-20-10-11-33(15-20)25-8-9-26-23(12-25)17-34-16-22(21-4-6-24(29)7-5-21)13-27(34)28-31-18-32-35(26)28;1-2-19-9-11-31(12-10-19)24-7-8-25-23(13-24)17-32-16-22(21-5-3-20(15-28)4-6-21)14-26(32)27-30-29-18-33(25)27;1-17-3-2-10-30(14-17)22-8-9-23-21(11-22)16-31-15-20(19-6-4-18(13-26)5-7-19)12-24(31)25-27-28-29-32(23)25/h4-9,12-13,16,18-20,30H,3,10-11,14-15,17H2,1-2H3;3-8,13-14,16,18-19H,2,9-12,17H2,1H3;4-9,11-12,15,17H,2-3,10,14,16H2,1H3/t19-,20-;;/m1../s1. The zero-order valence-electron chi connectivity index (χ0n) is 57.0. The molecule has 1 N–H and O–H groups in total. The van der Waals surface area contributed by atoms with Crippen molar-refractivity contribution in [3.8, 4) is 97.1 Å². The van der Waals surface area contributed by atoms with Crippen molar-refractivity contribution in [3.05, 3.63) is 210 Å². The van der Waals surface area contributed by atoms with Gasteiger partial charge in [-0.15, -0.1) is 15.3 Å². The van der Waals surface area contributed by atoms with E-state index in [1.54, 1.807) is 6.33 Å². The first kappa shape index (κ1) is 63.5. The van der Waals surface area contributed by atoms with Gasteiger partial charge in [-0.2, -0.15) is 20.3 Å².